The molecule has 3 nitrogen and oxygen atoms in total. The Labute approximate surface area is 145 Å². The summed E-state index contributed by atoms with van der Waals surface area (Å²) in [4.78, 5) is 0. The van der Waals surface area contributed by atoms with Crippen LogP contribution in [0.25, 0.3) is 0 Å². The van der Waals surface area contributed by atoms with Crippen LogP contribution in [-0.4, -0.2) is 20.3 Å². The first-order chi connectivity index (χ1) is 11.6. The lowest BCUT2D eigenvalue weighted by molar-refractivity contribution is 0.339. The number of hydrogen-bond donors (Lipinski definition) is 1. The van der Waals surface area contributed by atoms with Gasteiger partial charge in [0.1, 0.15) is 11.5 Å². The number of ether oxygens (including phenoxy) is 2. The van der Waals surface area contributed by atoms with Gasteiger partial charge in [-0.1, -0.05) is 26.0 Å². The van der Waals surface area contributed by atoms with Gasteiger partial charge in [0.15, 0.2) is 0 Å². The number of fused-ring (bicyclic) bond motifs is 1. The van der Waals surface area contributed by atoms with Crippen LogP contribution in [0.2, 0.25) is 0 Å². The fraction of sp³-hybridized carbons (Fsp3) is 0.429. The first-order valence-electron chi connectivity index (χ1n) is 8.80. The van der Waals surface area contributed by atoms with Gasteiger partial charge in [0.05, 0.1) is 19.8 Å². The zero-order valence-electron chi connectivity index (χ0n) is 15.1. The third-order valence-electron chi connectivity index (χ3n) is 4.71. The molecule has 0 saturated heterocycles. The Kier molecular flexibility index (Phi) is 5.10. The summed E-state index contributed by atoms with van der Waals surface area (Å²) < 4.78 is 11.3. The Morgan fingerprint density at radius 2 is 1.96 bits per heavy atom. The Morgan fingerprint density at radius 3 is 2.67 bits per heavy atom. The third-order valence-corrected chi connectivity index (χ3v) is 4.71. The van der Waals surface area contributed by atoms with Gasteiger partial charge in [0.25, 0.3) is 0 Å². The normalized spacial score (nSPS) is 16.8. The van der Waals surface area contributed by atoms with E-state index in [0.717, 1.165) is 24.5 Å². The topological polar surface area (TPSA) is 30.5 Å². The lowest BCUT2D eigenvalue weighted by Gasteiger charge is -2.29. The summed E-state index contributed by atoms with van der Waals surface area (Å²) in [6, 6.07) is 13.2. The Balaban J connectivity index is 2.04. The van der Waals surface area contributed by atoms with Gasteiger partial charge in [0.2, 0.25) is 0 Å². The van der Waals surface area contributed by atoms with Gasteiger partial charge >= 0.3 is 0 Å². The lowest BCUT2D eigenvalue weighted by Crippen LogP contribution is -2.31. The molecule has 0 radical (unpaired) electrons. The fourth-order valence-electron chi connectivity index (χ4n) is 3.41. The molecular weight excluding hydrogens is 298 g/mol. The Hall–Kier alpha value is -2.00. The summed E-state index contributed by atoms with van der Waals surface area (Å²) >= 11 is 0. The molecule has 3 rings (SSSR count). The van der Waals surface area contributed by atoms with Crippen LogP contribution < -0.4 is 14.8 Å². The van der Waals surface area contributed by atoms with Crippen LogP contribution in [0.5, 0.6) is 11.5 Å². The maximum absolute atomic E-state index is 5.66. The van der Waals surface area contributed by atoms with Crippen LogP contribution in [0.3, 0.4) is 0 Å². The maximum Gasteiger partial charge on any atom is 0.124 e. The minimum absolute atomic E-state index is 0.165. The van der Waals surface area contributed by atoms with E-state index in [4.69, 9.17) is 9.47 Å². The van der Waals surface area contributed by atoms with Crippen LogP contribution in [0.1, 0.15) is 55.0 Å². The van der Waals surface area contributed by atoms with Crippen molar-refractivity contribution in [3.63, 3.8) is 0 Å². The molecule has 1 atom stereocenters. The average Bonchev–Trinajstić information content (AvgIpc) is 2.60. The number of hydrogen-bond acceptors (Lipinski definition) is 3. The van der Waals surface area contributed by atoms with Crippen molar-refractivity contribution in [1.82, 2.24) is 5.32 Å². The van der Waals surface area contributed by atoms with Crippen LogP contribution in [0.4, 0.5) is 0 Å². The highest BCUT2D eigenvalue weighted by molar-refractivity contribution is 5.49. The monoisotopic (exact) mass is 325 g/mol. The molecule has 0 spiro atoms. The van der Waals surface area contributed by atoms with Crippen molar-refractivity contribution in [1.29, 1.82) is 0 Å². The first kappa shape index (κ1) is 16.8. The molecule has 2 aromatic rings. The summed E-state index contributed by atoms with van der Waals surface area (Å²) in [5.74, 6) is 2.40. The molecule has 1 aliphatic heterocycles. The molecule has 1 N–H and O–H groups in total. The number of rotatable bonds is 5. The third kappa shape index (κ3) is 3.27. The predicted octanol–water partition coefficient (Wildman–Crippen LogP) is 4.45. The highest BCUT2D eigenvalue weighted by Gasteiger charge is 2.25. The molecule has 0 fully saturated rings. The van der Waals surface area contributed by atoms with Crippen molar-refractivity contribution >= 4 is 0 Å². The van der Waals surface area contributed by atoms with Gasteiger partial charge in [-0.25, -0.2) is 0 Å². The van der Waals surface area contributed by atoms with Crippen molar-refractivity contribution in [3.8, 4) is 11.5 Å². The van der Waals surface area contributed by atoms with E-state index in [1.54, 1.807) is 7.11 Å². The molecule has 1 heterocycles. The minimum Gasteiger partial charge on any atom is -0.496 e. The standard InChI is InChI=1S/C21H27NO2/c1-5-24-17-7-8-18-16(12-17)10-11-22-21(18)19-13-15(14(2)3)6-9-20(19)23-4/h6-9,12-14,21-22H,5,10-11H2,1-4H3. The molecule has 128 valence electrons. The number of methoxy groups -OCH3 is 1. The fourth-order valence-corrected chi connectivity index (χ4v) is 3.41. The van der Waals surface area contributed by atoms with E-state index in [9.17, 15) is 0 Å². The van der Waals surface area contributed by atoms with E-state index in [-0.39, 0.29) is 6.04 Å². The molecule has 3 heteroatoms. The molecule has 0 saturated carbocycles. The summed E-state index contributed by atoms with van der Waals surface area (Å²) in [5.41, 5.74) is 5.24. The molecule has 0 aliphatic carbocycles. The minimum atomic E-state index is 0.165. The Morgan fingerprint density at radius 1 is 1.12 bits per heavy atom. The smallest absolute Gasteiger partial charge is 0.124 e. The lowest BCUT2D eigenvalue weighted by atomic mass is 9.87. The summed E-state index contributed by atoms with van der Waals surface area (Å²) in [7, 11) is 1.75. The molecule has 0 bridgehead atoms. The van der Waals surface area contributed by atoms with Crippen LogP contribution in [-0.2, 0) is 6.42 Å². The van der Waals surface area contributed by atoms with Crippen LogP contribution >= 0.6 is 0 Å². The molecule has 24 heavy (non-hydrogen) atoms. The van der Waals surface area contributed by atoms with E-state index in [0.29, 0.717) is 12.5 Å². The van der Waals surface area contributed by atoms with E-state index in [2.05, 4.69) is 55.6 Å². The second-order valence-electron chi connectivity index (χ2n) is 6.59. The van der Waals surface area contributed by atoms with E-state index >= 15 is 0 Å². The molecule has 1 unspecified atom stereocenters. The molecule has 1 aliphatic rings. The van der Waals surface area contributed by atoms with Crippen molar-refractivity contribution in [2.75, 3.05) is 20.3 Å². The second-order valence-corrected chi connectivity index (χ2v) is 6.59. The van der Waals surface area contributed by atoms with Crippen molar-refractivity contribution in [2.24, 2.45) is 0 Å². The SMILES string of the molecule is CCOc1ccc2c(c1)CCNC2c1cc(C(C)C)ccc1OC. The average molecular weight is 325 g/mol. The number of nitrogens with one attached hydrogen (secondary N) is 1. The van der Waals surface area contributed by atoms with Gasteiger partial charge in [-0.05, 0) is 60.2 Å². The molecule has 0 amide bonds. The van der Waals surface area contributed by atoms with Gasteiger partial charge in [-0.2, -0.15) is 0 Å². The quantitative estimate of drug-likeness (QED) is 0.881. The van der Waals surface area contributed by atoms with Gasteiger partial charge in [0, 0.05) is 12.1 Å². The van der Waals surface area contributed by atoms with E-state index in [1.807, 2.05) is 6.92 Å². The summed E-state index contributed by atoms with van der Waals surface area (Å²) in [5, 5.41) is 3.66. The second kappa shape index (κ2) is 7.27. The van der Waals surface area contributed by atoms with Crippen molar-refractivity contribution in [3.05, 3.63) is 58.7 Å². The molecule has 2 aromatic carbocycles. The zero-order valence-corrected chi connectivity index (χ0v) is 15.1. The van der Waals surface area contributed by atoms with E-state index in [1.165, 1.54) is 22.3 Å². The van der Waals surface area contributed by atoms with Crippen LogP contribution in [0, 0.1) is 0 Å². The Bertz CT molecular complexity index is 709. The first-order valence-corrected chi connectivity index (χ1v) is 8.80. The summed E-state index contributed by atoms with van der Waals surface area (Å²) in [6.07, 6.45) is 1.03. The largest absolute Gasteiger partial charge is 0.496 e. The van der Waals surface area contributed by atoms with Gasteiger partial charge in [-0.3, -0.25) is 0 Å². The molecule has 0 aromatic heterocycles. The van der Waals surface area contributed by atoms with E-state index < -0.39 is 0 Å². The number of benzene rings is 2. The maximum atomic E-state index is 5.66. The highest BCUT2D eigenvalue weighted by atomic mass is 16.5. The molecular formula is C21H27NO2. The van der Waals surface area contributed by atoms with Crippen LogP contribution in [0.15, 0.2) is 36.4 Å². The van der Waals surface area contributed by atoms with Crippen molar-refractivity contribution in [2.45, 2.75) is 39.2 Å². The van der Waals surface area contributed by atoms with Gasteiger partial charge in [-0.15, -0.1) is 0 Å². The zero-order chi connectivity index (χ0) is 17.1. The van der Waals surface area contributed by atoms with Gasteiger partial charge < -0.3 is 14.8 Å². The summed E-state index contributed by atoms with van der Waals surface area (Å²) in [6.45, 7) is 8.13. The van der Waals surface area contributed by atoms with Crippen molar-refractivity contribution < 1.29 is 9.47 Å². The highest BCUT2D eigenvalue weighted by Crippen LogP contribution is 2.37. The predicted molar refractivity (Wildman–Crippen MR) is 98.2 cm³/mol.